The van der Waals surface area contributed by atoms with Crippen molar-refractivity contribution < 1.29 is 61.5 Å². The molecule has 0 spiro atoms. The predicted molar refractivity (Wildman–Crippen MR) is 204 cm³/mol. The number of carbonyl (C=O) groups excluding carboxylic acids is 5. The summed E-state index contributed by atoms with van der Waals surface area (Å²) in [5.41, 5.74) is -0.0261. The van der Waals surface area contributed by atoms with Gasteiger partial charge in [-0.25, -0.2) is 14.1 Å². The van der Waals surface area contributed by atoms with E-state index in [9.17, 15) is 28.4 Å². The van der Waals surface area contributed by atoms with Crippen LogP contribution in [0.5, 0.6) is 0 Å². The highest BCUT2D eigenvalue weighted by Gasteiger charge is 2.42. The number of imide groups is 1. The molecule has 5 amide bonds. The third kappa shape index (κ3) is 16.5. The summed E-state index contributed by atoms with van der Waals surface area (Å²) in [7, 11) is 0. The molecule has 2 fully saturated rings. The smallest absolute Gasteiger partial charge is 0.315 e. The number of anilines is 1. The molecule has 0 aromatic heterocycles. The predicted octanol–water partition coefficient (Wildman–Crippen LogP) is 2.18. The molecule has 312 valence electrons. The summed E-state index contributed by atoms with van der Waals surface area (Å²) in [6.45, 7) is 6.17. The molecule has 0 bridgehead atoms. The Kier molecular flexibility index (Phi) is 21.3. The highest BCUT2D eigenvalue weighted by atomic mass is 32.2. The van der Waals surface area contributed by atoms with Crippen LogP contribution in [0.3, 0.4) is 0 Å². The van der Waals surface area contributed by atoms with E-state index in [1.165, 1.54) is 12.1 Å². The number of nitrogens with zero attached hydrogens (tertiary/aromatic N) is 1. The Morgan fingerprint density at radius 2 is 1.27 bits per heavy atom. The van der Waals surface area contributed by atoms with Crippen LogP contribution in [0.4, 0.5) is 14.9 Å². The van der Waals surface area contributed by atoms with Gasteiger partial charge < -0.3 is 49.1 Å². The largest absolute Gasteiger partial charge is 0.379 e. The quantitative estimate of drug-likeness (QED) is 0.0416. The summed E-state index contributed by atoms with van der Waals surface area (Å²) in [6.07, 6.45) is 5.94. The molecule has 3 heterocycles. The molecular weight excluding hydrogens is 755 g/mol. The highest BCUT2D eigenvalue weighted by Crippen LogP contribution is 2.33. The van der Waals surface area contributed by atoms with Gasteiger partial charge >= 0.3 is 6.03 Å². The summed E-state index contributed by atoms with van der Waals surface area (Å²) < 4.78 is 52.6. The van der Waals surface area contributed by atoms with Crippen molar-refractivity contribution in [2.75, 3.05) is 110 Å². The van der Waals surface area contributed by atoms with Crippen LogP contribution in [0.2, 0.25) is 0 Å². The fourth-order valence-electron chi connectivity index (χ4n) is 6.04. The molecule has 3 unspecified atom stereocenters. The van der Waals surface area contributed by atoms with Crippen LogP contribution in [-0.4, -0.2) is 152 Å². The van der Waals surface area contributed by atoms with Gasteiger partial charge in [-0.3, -0.25) is 19.2 Å². The first-order valence-corrected chi connectivity index (χ1v) is 20.3. The van der Waals surface area contributed by atoms with E-state index < -0.39 is 23.4 Å². The molecule has 3 atom stereocenters. The fourth-order valence-corrected chi connectivity index (χ4v) is 7.58. The van der Waals surface area contributed by atoms with Gasteiger partial charge in [0.2, 0.25) is 5.91 Å². The Morgan fingerprint density at radius 3 is 1.86 bits per heavy atom. The number of ether oxygens (including phenoxy) is 7. The number of nitrogens with one attached hydrogen (secondary N) is 3. The van der Waals surface area contributed by atoms with E-state index in [0.29, 0.717) is 117 Å². The maximum atomic E-state index is 14.2. The number of halogens is 1. The first-order valence-electron chi connectivity index (χ1n) is 19.2. The zero-order valence-electron chi connectivity index (χ0n) is 31.8. The lowest BCUT2D eigenvalue weighted by Gasteiger charge is -2.16. The average molecular weight is 811 g/mol. The molecule has 0 aliphatic carbocycles. The van der Waals surface area contributed by atoms with Gasteiger partial charge in [0, 0.05) is 49.1 Å². The van der Waals surface area contributed by atoms with Crippen molar-refractivity contribution in [1.29, 1.82) is 0 Å². The van der Waals surface area contributed by atoms with Gasteiger partial charge in [0.25, 0.3) is 11.8 Å². The van der Waals surface area contributed by atoms with Gasteiger partial charge in [0.05, 0.1) is 109 Å². The van der Waals surface area contributed by atoms with E-state index >= 15 is 0 Å². The maximum absolute atomic E-state index is 14.2. The molecule has 3 aliphatic rings. The van der Waals surface area contributed by atoms with Crippen LogP contribution in [-0.2, 0) is 47.5 Å². The van der Waals surface area contributed by atoms with E-state index in [4.69, 9.17) is 33.2 Å². The van der Waals surface area contributed by atoms with Crippen molar-refractivity contribution >= 4 is 47.0 Å². The first kappa shape index (κ1) is 45.2. The number of ketones is 1. The van der Waals surface area contributed by atoms with Crippen LogP contribution in [0.15, 0.2) is 30.4 Å². The van der Waals surface area contributed by atoms with Crippen molar-refractivity contribution in [1.82, 2.24) is 16.0 Å². The fraction of sp³-hybridized carbons (Fsp3) is 0.658. The number of hydrogen-bond acceptors (Lipinski definition) is 13. The molecule has 4 rings (SSSR count). The lowest BCUT2D eigenvalue weighted by Crippen LogP contribution is -2.36. The number of unbranched alkanes of at least 4 members (excludes halogenated alkanes) is 1. The van der Waals surface area contributed by atoms with E-state index in [0.717, 1.165) is 48.1 Å². The number of urea groups is 1. The second kappa shape index (κ2) is 26.4. The molecule has 1 aromatic carbocycles. The topological polar surface area (TPSA) is 189 Å². The SMILES string of the molecule is O=C(CCCCC1SCC2NC(=O)NC21)NCCOCCOCCOCCOCCOCCOCCOCCCC(=O)c1cc(N2C(=O)C=CC2=O)ccc1F. The van der Waals surface area contributed by atoms with Gasteiger partial charge in [-0.1, -0.05) is 6.42 Å². The monoisotopic (exact) mass is 810 g/mol. The Hall–Kier alpha value is -3.49. The average Bonchev–Trinajstić information content (AvgIpc) is 3.86. The minimum absolute atomic E-state index is 0.0262. The van der Waals surface area contributed by atoms with Gasteiger partial charge in [-0.15, -0.1) is 0 Å². The molecule has 0 radical (unpaired) electrons. The number of carbonyl (C=O) groups is 5. The van der Waals surface area contributed by atoms with E-state index in [1.54, 1.807) is 0 Å². The van der Waals surface area contributed by atoms with Crippen LogP contribution in [0.1, 0.15) is 48.9 Å². The normalized spacial score (nSPS) is 18.8. The Balaban J connectivity index is 0.814. The van der Waals surface area contributed by atoms with E-state index in [1.807, 2.05) is 11.8 Å². The van der Waals surface area contributed by atoms with E-state index in [2.05, 4.69) is 16.0 Å². The van der Waals surface area contributed by atoms with Crippen LogP contribution in [0, 0.1) is 5.82 Å². The van der Waals surface area contributed by atoms with Crippen LogP contribution >= 0.6 is 11.8 Å². The Morgan fingerprint density at radius 1 is 0.714 bits per heavy atom. The standard InChI is InChI=1S/C38H55FN4O12S/c39-30-8-7-28(43-35(46)9-10-36(43)47)26-29(30)32(44)4-3-12-49-14-16-51-18-20-53-22-24-55-25-23-54-21-19-52-17-15-50-13-11-40-34(45)6-2-1-5-33-37-31(27-56-33)41-38(48)42-37/h7-10,26,31,33,37H,1-6,11-25,27H2,(H,40,45)(H2,41,42,48). The van der Waals surface area contributed by atoms with Crippen molar-refractivity contribution in [3.8, 4) is 0 Å². The zero-order valence-corrected chi connectivity index (χ0v) is 32.6. The second-order valence-electron chi connectivity index (χ2n) is 13.0. The summed E-state index contributed by atoms with van der Waals surface area (Å²) in [5.74, 6) is -1.26. The molecule has 16 nitrogen and oxygen atoms in total. The number of fused-ring (bicyclic) bond motifs is 1. The first-order chi connectivity index (χ1) is 27.3. The molecule has 56 heavy (non-hydrogen) atoms. The maximum Gasteiger partial charge on any atom is 0.315 e. The lowest BCUT2D eigenvalue weighted by molar-refractivity contribution is -0.122. The van der Waals surface area contributed by atoms with Crippen LogP contribution in [0.25, 0.3) is 0 Å². The highest BCUT2D eigenvalue weighted by molar-refractivity contribution is 8.00. The van der Waals surface area contributed by atoms with Gasteiger partial charge in [0.1, 0.15) is 5.82 Å². The molecule has 1 aromatic rings. The molecular formula is C38H55FN4O12S. The number of rotatable bonds is 32. The minimum Gasteiger partial charge on any atom is -0.379 e. The molecule has 3 aliphatic heterocycles. The van der Waals surface area contributed by atoms with Gasteiger partial charge in [-0.2, -0.15) is 11.8 Å². The molecule has 18 heteroatoms. The van der Waals surface area contributed by atoms with E-state index in [-0.39, 0.29) is 41.7 Å². The third-order valence-electron chi connectivity index (χ3n) is 8.89. The minimum atomic E-state index is -0.715. The second-order valence-corrected chi connectivity index (χ2v) is 14.3. The zero-order chi connectivity index (χ0) is 39.8. The Labute approximate surface area is 331 Å². The van der Waals surface area contributed by atoms with Crippen molar-refractivity contribution in [2.24, 2.45) is 0 Å². The molecule has 3 N–H and O–H groups in total. The number of Topliss-reactive ketones (excluding diaryl/α,β-unsaturated/α-hetero) is 1. The third-order valence-corrected chi connectivity index (χ3v) is 10.4. The van der Waals surface area contributed by atoms with Crippen LogP contribution < -0.4 is 20.9 Å². The number of hydrogen-bond donors (Lipinski definition) is 3. The van der Waals surface area contributed by atoms with Gasteiger partial charge in [-0.05, 0) is 37.5 Å². The number of amides is 5. The van der Waals surface area contributed by atoms with Crippen molar-refractivity contribution in [2.45, 2.75) is 55.9 Å². The van der Waals surface area contributed by atoms with Crippen molar-refractivity contribution in [3.63, 3.8) is 0 Å². The Bertz CT molecular complexity index is 1420. The number of benzene rings is 1. The molecule has 0 saturated carbocycles. The molecule has 2 saturated heterocycles. The summed E-state index contributed by atoms with van der Waals surface area (Å²) in [4.78, 5) is 60.7. The summed E-state index contributed by atoms with van der Waals surface area (Å²) in [5, 5.41) is 9.24. The summed E-state index contributed by atoms with van der Waals surface area (Å²) >= 11 is 1.89. The lowest BCUT2D eigenvalue weighted by atomic mass is 10.0. The number of thioether (sulfide) groups is 1. The summed E-state index contributed by atoms with van der Waals surface area (Å²) in [6, 6.07) is 3.95. The van der Waals surface area contributed by atoms with Gasteiger partial charge in [0.15, 0.2) is 5.78 Å². The van der Waals surface area contributed by atoms with Crippen molar-refractivity contribution in [3.05, 3.63) is 41.7 Å².